The molecule has 2 heterocycles. The van der Waals surface area contributed by atoms with Crippen LogP contribution < -0.4 is 15.6 Å². The van der Waals surface area contributed by atoms with E-state index in [4.69, 9.17) is 4.74 Å². The van der Waals surface area contributed by atoms with Crippen LogP contribution in [0.25, 0.3) is 11.3 Å². The average molecular weight is 350 g/mol. The number of nitrogens with one attached hydrogen (secondary N) is 1. The van der Waals surface area contributed by atoms with E-state index in [1.54, 1.807) is 48.8 Å². The van der Waals surface area contributed by atoms with E-state index >= 15 is 0 Å². The fourth-order valence-electron chi connectivity index (χ4n) is 2.37. The Morgan fingerprint density at radius 1 is 1.15 bits per heavy atom. The Morgan fingerprint density at radius 2 is 1.96 bits per heavy atom. The van der Waals surface area contributed by atoms with Gasteiger partial charge in [-0.1, -0.05) is 0 Å². The quantitative estimate of drug-likeness (QED) is 0.737. The van der Waals surface area contributed by atoms with Gasteiger partial charge in [0.2, 0.25) is 5.91 Å². The van der Waals surface area contributed by atoms with Crippen LogP contribution in [0.5, 0.6) is 5.75 Å². The molecule has 1 amide bonds. The molecule has 0 radical (unpaired) electrons. The van der Waals surface area contributed by atoms with E-state index in [9.17, 15) is 9.59 Å². The predicted molar refractivity (Wildman–Crippen MR) is 98.0 cm³/mol. The third-order valence-electron chi connectivity index (χ3n) is 3.57. The van der Waals surface area contributed by atoms with Gasteiger partial charge in [0.1, 0.15) is 12.3 Å². The van der Waals surface area contributed by atoms with Gasteiger partial charge in [-0.25, -0.2) is 4.68 Å². The van der Waals surface area contributed by atoms with Crippen LogP contribution in [0.2, 0.25) is 0 Å². The van der Waals surface area contributed by atoms with E-state index in [1.165, 1.54) is 6.07 Å². The maximum Gasteiger partial charge on any atom is 0.267 e. The van der Waals surface area contributed by atoms with Crippen LogP contribution in [-0.4, -0.2) is 27.3 Å². The standard InChI is InChI=1S/C19H18N4O3/c1-2-26-16-7-5-15(6-8-16)21-18(24)13-23-19(25)10-9-17(22-23)14-4-3-11-20-12-14/h3-12H,2,13H2,1H3,(H,21,24). The fraction of sp³-hybridized carbons (Fsp3) is 0.158. The summed E-state index contributed by atoms with van der Waals surface area (Å²) in [4.78, 5) is 28.3. The minimum Gasteiger partial charge on any atom is -0.494 e. The summed E-state index contributed by atoms with van der Waals surface area (Å²) in [6, 6.07) is 13.6. The van der Waals surface area contributed by atoms with Gasteiger partial charge in [0.15, 0.2) is 0 Å². The number of ether oxygens (including phenoxy) is 1. The number of anilines is 1. The van der Waals surface area contributed by atoms with Crippen molar-refractivity contribution in [2.24, 2.45) is 0 Å². The summed E-state index contributed by atoms with van der Waals surface area (Å²) < 4.78 is 6.49. The van der Waals surface area contributed by atoms with Crippen molar-refractivity contribution in [1.29, 1.82) is 0 Å². The molecule has 0 fully saturated rings. The van der Waals surface area contributed by atoms with E-state index in [1.807, 2.05) is 13.0 Å². The smallest absolute Gasteiger partial charge is 0.267 e. The number of hydrogen-bond acceptors (Lipinski definition) is 5. The highest BCUT2D eigenvalue weighted by atomic mass is 16.5. The Hall–Kier alpha value is -3.48. The zero-order valence-corrected chi connectivity index (χ0v) is 14.3. The molecule has 0 saturated heterocycles. The van der Waals surface area contributed by atoms with Gasteiger partial charge in [-0.3, -0.25) is 14.6 Å². The van der Waals surface area contributed by atoms with Crippen molar-refractivity contribution >= 4 is 11.6 Å². The Labute approximate surface area is 150 Å². The lowest BCUT2D eigenvalue weighted by Gasteiger charge is -2.09. The number of aromatic nitrogens is 3. The lowest BCUT2D eigenvalue weighted by Crippen LogP contribution is -2.29. The number of pyridine rings is 1. The van der Waals surface area contributed by atoms with Gasteiger partial charge < -0.3 is 10.1 Å². The lowest BCUT2D eigenvalue weighted by molar-refractivity contribution is -0.117. The second-order valence-corrected chi connectivity index (χ2v) is 5.46. The minimum absolute atomic E-state index is 0.180. The van der Waals surface area contributed by atoms with Crippen molar-refractivity contribution in [2.45, 2.75) is 13.5 Å². The van der Waals surface area contributed by atoms with Gasteiger partial charge >= 0.3 is 0 Å². The summed E-state index contributed by atoms with van der Waals surface area (Å²) >= 11 is 0. The van der Waals surface area contributed by atoms with Crippen molar-refractivity contribution in [3.8, 4) is 17.0 Å². The van der Waals surface area contributed by atoms with Crippen LogP contribution in [0.15, 0.2) is 65.7 Å². The Bertz CT molecular complexity index is 937. The van der Waals surface area contributed by atoms with Crippen LogP contribution >= 0.6 is 0 Å². The molecule has 0 spiro atoms. The van der Waals surface area contributed by atoms with Gasteiger partial charge in [-0.15, -0.1) is 0 Å². The number of benzene rings is 1. The summed E-state index contributed by atoms with van der Waals surface area (Å²) in [5.74, 6) is 0.389. The Balaban J connectivity index is 1.71. The molecule has 26 heavy (non-hydrogen) atoms. The molecule has 0 aliphatic rings. The fourth-order valence-corrected chi connectivity index (χ4v) is 2.37. The van der Waals surface area contributed by atoms with Gasteiger partial charge in [0, 0.05) is 29.7 Å². The molecule has 0 unspecified atom stereocenters. The van der Waals surface area contributed by atoms with E-state index in [2.05, 4.69) is 15.4 Å². The van der Waals surface area contributed by atoms with Crippen LogP contribution in [0.1, 0.15) is 6.92 Å². The molecule has 3 aromatic rings. The Kier molecular flexibility index (Phi) is 5.38. The summed E-state index contributed by atoms with van der Waals surface area (Å²) in [5.41, 5.74) is 1.62. The molecule has 3 rings (SSSR count). The molecule has 7 nitrogen and oxygen atoms in total. The molecule has 1 aromatic carbocycles. The van der Waals surface area contributed by atoms with Gasteiger partial charge in [0.25, 0.3) is 5.56 Å². The summed E-state index contributed by atoms with van der Waals surface area (Å²) in [5, 5.41) is 6.99. The summed E-state index contributed by atoms with van der Waals surface area (Å²) in [6.45, 7) is 2.30. The number of rotatable bonds is 6. The molecule has 7 heteroatoms. The highest BCUT2D eigenvalue weighted by Gasteiger charge is 2.09. The molecule has 1 N–H and O–H groups in total. The highest BCUT2D eigenvalue weighted by molar-refractivity contribution is 5.90. The third kappa shape index (κ3) is 4.32. The van der Waals surface area contributed by atoms with Gasteiger partial charge in [-0.05, 0) is 49.4 Å². The monoisotopic (exact) mass is 350 g/mol. The van der Waals surface area contributed by atoms with Crippen molar-refractivity contribution < 1.29 is 9.53 Å². The Morgan fingerprint density at radius 3 is 2.65 bits per heavy atom. The van der Waals surface area contributed by atoms with Crippen molar-refractivity contribution in [3.05, 3.63) is 71.3 Å². The van der Waals surface area contributed by atoms with Crippen molar-refractivity contribution in [1.82, 2.24) is 14.8 Å². The largest absolute Gasteiger partial charge is 0.494 e. The summed E-state index contributed by atoms with van der Waals surface area (Å²) in [7, 11) is 0. The third-order valence-corrected chi connectivity index (χ3v) is 3.57. The second kappa shape index (κ2) is 8.06. The first-order chi connectivity index (χ1) is 12.7. The summed E-state index contributed by atoms with van der Waals surface area (Å²) in [6.07, 6.45) is 3.31. The van der Waals surface area contributed by atoms with Gasteiger partial charge in [-0.2, -0.15) is 5.10 Å². The molecular weight excluding hydrogens is 332 g/mol. The van der Waals surface area contributed by atoms with E-state index in [0.29, 0.717) is 18.0 Å². The maximum atomic E-state index is 12.2. The van der Waals surface area contributed by atoms with Crippen LogP contribution in [0.3, 0.4) is 0 Å². The SMILES string of the molecule is CCOc1ccc(NC(=O)Cn2nc(-c3cccnc3)ccc2=O)cc1. The lowest BCUT2D eigenvalue weighted by atomic mass is 10.2. The number of nitrogens with zero attached hydrogens (tertiary/aromatic N) is 3. The van der Waals surface area contributed by atoms with Crippen molar-refractivity contribution in [3.63, 3.8) is 0 Å². The van der Waals surface area contributed by atoms with E-state index < -0.39 is 0 Å². The van der Waals surface area contributed by atoms with Gasteiger partial charge in [0.05, 0.1) is 12.3 Å². The molecule has 0 atom stereocenters. The molecular formula is C19H18N4O3. The number of carbonyl (C=O) groups excluding carboxylic acids is 1. The molecule has 0 aliphatic heterocycles. The maximum absolute atomic E-state index is 12.2. The topological polar surface area (TPSA) is 86.1 Å². The second-order valence-electron chi connectivity index (χ2n) is 5.46. The van der Waals surface area contributed by atoms with E-state index in [0.717, 1.165) is 16.0 Å². The predicted octanol–water partition coefficient (Wildman–Crippen LogP) is 2.34. The van der Waals surface area contributed by atoms with Crippen LogP contribution in [0.4, 0.5) is 5.69 Å². The number of amides is 1. The minimum atomic E-state index is -0.348. The molecule has 0 saturated carbocycles. The number of carbonyl (C=O) groups is 1. The zero-order chi connectivity index (χ0) is 18.4. The molecule has 132 valence electrons. The zero-order valence-electron chi connectivity index (χ0n) is 14.3. The number of hydrogen-bond donors (Lipinski definition) is 1. The highest BCUT2D eigenvalue weighted by Crippen LogP contribution is 2.16. The molecule has 2 aromatic heterocycles. The van der Waals surface area contributed by atoms with Crippen molar-refractivity contribution in [2.75, 3.05) is 11.9 Å². The van der Waals surface area contributed by atoms with E-state index in [-0.39, 0.29) is 18.0 Å². The normalized spacial score (nSPS) is 10.3. The van der Waals surface area contributed by atoms with Crippen LogP contribution in [0, 0.1) is 0 Å². The first-order valence-electron chi connectivity index (χ1n) is 8.17. The molecule has 0 bridgehead atoms. The van der Waals surface area contributed by atoms with Crippen LogP contribution in [-0.2, 0) is 11.3 Å². The first-order valence-corrected chi connectivity index (χ1v) is 8.17. The average Bonchev–Trinajstić information content (AvgIpc) is 2.66. The molecule has 0 aliphatic carbocycles. The first kappa shape index (κ1) is 17.3.